The van der Waals surface area contributed by atoms with Gasteiger partial charge in [0.2, 0.25) is 0 Å². The summed E-state index contributed by atoms with van der Waals surface area (Å²) in [6.45, 7) is 0. The molecule has 21 heavy (non-hydrogen) atoms. The summed E-state index contributed by atoms with van der Waals surface area (Å²) in [6, 6.07) is 13.5. The minimum absolute atomic E-state index is 0.306. The topological polar surface area (TPSA) is 57.6 Å². The summed E-state index contributed by atoms with van der Waals surface area (Å²) in [4.78, 5) is 25.6. The third-order valence-electron chi connectivity index (χ3n) is 3.58. The molecule has 0 saturated carbocycles. The van der Waals surface area contributed by atoms with Crippen LogP contribution in [0.25, 0.3) is 0 Å². The number of carbonyl (C=O) groups is 2. The minimum Gasteiger partial charge on any atom is -0.480 e. The van der Waals surface area contributed by atoms with E-state index >= 15 is 0 Å². The molecule has 0 bridgehead atoms. The lowest BCUT2D eigenvalue weighted by atomic mass is 10.1. The van der Waals surface area contributed by atoms with Gasteiger partial charge in [-0.3, -0.25) is 9.69 Å². The van der Waals surface area contributed by atoms with Crippen LogP contribution in [0.15, 0.2) is 53.0 Å². The predicted molar refractivity (Wildman–Crippen MR) is 82.5 cm³/mol. The molecule has 1 N–H and O–H groups in total. The lowest BCUT2D eigenvalue weighted by Gasteiger charge is -2.23. The number of halogens is 1. The van der Waals surface area contributed by atoms with Crippen LogP contribution in [0.4, 0.5) is 5.69 Å². The first-order valence-corrected chi connectivity index (χ1v) is 7.27. The van der Waals surface area contributed by atoms with Gasteiger partial charge in [-0.2, -0.15) is 0 Å². The van der Waals surface area contributed by atoms with Gasteiger partial charge in [-0.25, -0.2) is 4.79 Å². The molecule has 1 aliphatic rings. The molecular weight excluding hydrogens is 334 g/mol. The summed E-state index contributed by atoms with van der Waals surface area (Å²) in [5.74, 6) is -1.30. The first kappa shape index (κ1) is 13.8. The van der Waals surface area contributed by atoms with E-state index in [4.69, 9.17) is 0 Å². The molecule has 5 heteroatoms. The van der Waals surface area contributed by atoms with Crippen molar-refractivity contribution in [2.75, 3.05) is 4.90 Å². The number of nitrogens with zero attached hydrogens (tertiary/aromatic N) is 1. The number of amides is 1. The Bertz CT molecular complexity index is 729. The van der Waals surface area contributed by atoms with Crippen molar-refractivity contribution in [1.82, 2.24) is 0 Å². The van der Waals surface area contributed by atoms with Crippen molar-refractivity contribution in [2.24, 2.45) is 0 Å². The molecule has 0 radical (unpaired) electrons. The molecule has 0 aliphatic carbocycles. The van der Waals surface area contributed by atoms with Crippen molar-refractivity contribution in [1.29, 1.82) is 0 Å². The molecule has 0 fully saturated rings. The van der Waals surface area contributed by atoms with Crippen LogP contribution in [0.1, 0.15) is 15.9 Å². The highest BCUT2D eigenvalue weighted by Crippen LogP contribution is 2.34. The van der Waals surface area contributed by atoms with Crippen LogP contribution in [-0.4, -0.2) is 23.0 Å². The summed E-state index contributed by atoms with van der Waals surface area (Å²) >= 11 is 3.35. The Kier molecular flexibility index (Phi) is 3.51. The second-order valence-electron chi connectivity index (χ2n) is 4.84. The SMILES string of the molecule is O=C(O)C1Cc2ccccc2N1C(=O)c1ccccc1Br. The van der Waals surface area contributed by atoms with Gasteiger partial charge in [0.15, 0.2) is 0 Å². The van der Waals surface area contributed by atoms with E-state index < -0.39 is 12.0 Å². The first-order valence-electron chi connectivity index (χ1n) is 6.48. The van der Waals surface area contributed by atoms with Gasteiger partial charge in [-0.1, -0.05) is 30.3 Å². The highest BCUT2D eigenvalue weighted by molar-refractivity contribution is 9.10. The van der Waals surface area contributed by atoms with Gasteiger partial charge < -0.3 is 5.11 Å². The average Bonchev–Trinajstić information content (AvgIpc) is 2.86. The van der Waals surface area contributed by atoms with Crippen LogP contribution in [0.5, 0.6) is 0 Å². The number of benzene rings is 2. The van der Waals surface area contributed by atoms with E-state index in [1.54, 1.807) is 24.3 Å². The van der Waals surface area contributed by atoms with Crippen molar-refractivity contribution in [3.8, 4) is 0 Å². The Morgan fingerprint density at radius 1 is 1.10 bits per heavy atom. The molecule has 1 heterocycles. The molecule has 3 rings (SSSR count). The zero-order valence-corrected chi connectivity index (χ0v) is 12.6. The van der Waals surface area contributed by atoms with Crippen LogP contribution in [0, 0.1) is 0 Å². The fourth-order valence-corrected chi connectivity index (χ4v) is 3.05. The number of para-hydroxylation sites is 1. The fraction of sp³-hybridized carbons (Fsp3) is 0.125. The average molecular weight is 346 g/mol. The first-order chi connectivity index (χ1) is 10.1. The van der Waals surface area contributed by atoms with Crippen molar-refractivity contribution in [2.45, 2.75) is 12.5 Å². The van der Waals surface area contributed by atoms with Crippen LogP contribution < -0.4 is 4.90 Å². The number of hydrogen-bond donors (Lipinski definition) is 1. The van der Waals surface area contributed by atoms with Gasteiger partial charge in [0.25, 0.3) is 5.91 Å². The number of aliphatic carboxylic acids is 1. The van der Waals surface area contributed by atoms with Crippen LogP contribution in [0.3, 0.4) is 0 Å². The number of carboxylic acid groups (broad SMARTS) is 1. The molecule has 106 valence electrons. The van der Waals surface area contributed by atoms with Crippen LogP contribution >= 0.6 is 15.9 Å². The van der Waals surface area contributed by atoms with E-state index in [0.29, 0.717) is 22.1 Å². The van der Waals surface area contributed by atoms with Crippen LogP contribution in [-0.2, 0) is 11.2 Å². The van der Waals surface area contributed by atoms with Crippen molar-refractivity contribution >= 4 is 33.5 Å². The standard InChI is InChI=1S/C16H12BrNO3/c17-12-7-3-2-6-11(12)15(19)18-13-8-4-1-5-10(13)9-14(18)16(20)21/h1-8,14H,9H2,(H,20,21). The molecule has 4 nitrogen and oxygen atoms in total. The number of fused-ring (bicyclic) bond motifs is 1. The molecule has 1 amide bonds. The van der Waals surface area contributed by atoms with Gasteiger partial charge in [-0.15, -0.1) is 0 Å². The Hall–Kier alpha value is -2.14. The van der Waals surface area contributed by atoms with Gasteiger partial charge in [0.05, 0.1) is 5.56 Å². The number of carbonyl (C=O) groups excluding carboxylic acids is 1. The van der Waals surface area contributed by atoms with Crippen molar-refractivity contribution in [3.63, 3.8) is 0 Å². The largest absolute Gasteiger partial charge is 0.480 e. The predicted octanol–water partition coefficient (Wildman–Crippen LogP) is 3.11. The number of anilines is 1. The highest BCUT2D eigenvalue weighted by atomic mass is 79.9. The van der Waals surface area contributed by atoms with E-state index in [1.165, 1.54) is 4.90 Å². The van der Waals surface area contributed by atoms with E-state index in [0.717, 1.165) is 5.56 Å². The second-order valence-corrected chi connectivity index (χ2v) is 5.70. The fourth-order valence-electron chi connectivity index (χ4n) is 2.60. The monoisotopic (exact) mass is 345 g/mol. The zero-order chi connectivity index (χ0) is 15.0. The summed E-state index contributed by atoms with van der Waals surface area (Å²) < 4.78 is 0.656. The van der Waals surface area contributed by atoms with Gasteiger partial charge in [0, 0.05) is 16.6 Å². The maximum atomic E-state index is 12.8. The Balaban J connectivity index is 2.08. The highest BCUT2D eigenvalue weighted by Gasteiger charge is 2.38. The zero-order valence-electron chi connectivity index (χ0n) is 11.0. The Morgan fingerprint density at radius 3 is 2.48 bits per heavy atom. The molecule has 0 saturated heterocycles. The molecule has 2 aromatic rings. The van der Waals surface area contributed by atoms with E-state index in [-0.39, 0.29) is 5.91 Å². The molecule has 1 unspecified atom stereocenters. The van der Waals surface area contributed by atoms with Crippen molar-refractivity contribution < 1.29 is 14.7 Å². The normalized spacial score (nSPS) is 16.6. The maximum absolute atomic E-state index is 12.8. The molecule has 1 atom stereocenters. The quantitative estimate of drug-likeness (QED) is 0.909. The smallest absolute Gasteiger partial charge is 0.327 e. The number of carboxylic acids is 1. The van der Waals surface area contributed by atoms with E-state index in [1.807, 2.05) is 24.3 Å². The second kappa shape index (κ2) is 5.33. The summed E-state index contributed by atoms with van der Waals surface area (Å²) in [5.41, 5.74) is 2.01. The number of rotatable bonds is 2. The van der Waals surface area contributed by atoms with Gasteiger partial charge in [0.1, 0.15) is 6.04 Å². The molecule has 2 aromatic carbocycles. The Morgan fingerprint density at radius 2 is 1.76 bits per heavy atom. The molecular formula is C16H12BrNO3. The minimum atomic E-state index is -0.994. The maximum Gasteiger partial charge on any atom is 0.327 e. The lowest BCUT2D eigenvalue weighted by molar-refractivity contribution is -0.138. The van der Waals surface area contributed by atoms with Gasteiger partial charge >= 0.3 is 5.97 Å². The van der Waals surface area contributed by atoms with Crippen molar-refractivity contribution in [3.05, 3.63) is 64.1 Å². The molecule has 0 spiro atoms. The summed E-state index contributed by atoms with van der Waals surface area (Å²) in [6.07, 6.45) is 0.335. The van der Waals surface area contributed by atoms with Crippen LogP contribution in [0.2, 0.25) is 0 Å². The van der Waals surface area contributed by atoms with E-state index in [2.05, 4.69) is 15.9 Å². The number of hydrogen-bond acceptors (Lipinski definition) is 2. The molecule has 1 aliphatic heterocycles. The van der Waals surface area contributed by atoms with Gasteiger partial charge in [-0.05, 0) is 39.7 Å². The van der Waals surface area contributed by atoms with E-state index in [9.17, 15) is 14.7 Å². The third-order valence-corrected chi connectivity index (χ3v) is 4.28. The molecule has 0 aromatic heterocycles. The summed E-state index contributed by atoms with van der Waals surface area (Å²) in [7, 11) is 0. The summed E-state index contributed by atoms with van der Waals surface area (Å²) in [5, 5.41) is 9.42. The lowest BCUT2D eigenvalue weighted by Crippen LogP contribution is -2.43. The Labute approximate surface area is 130 Å². The third kappa shape index (κ3) is 2.34.